The number of nitrogens with zero attached hydrogens (tertiary/aromatic N) is 2. The molecule has 0 aliphatic carbocycles. The van der Waals surface area contributed by atoms with Crippen LogP contribution in [0.2, 0.25) is 0 Å². The number of piperidine rings is 1. The Bertz CT molecular complexity index is 464. The van der Waals surface area contributed by atoms with E-state index in [1.165, 1.54) is 18.6 Å². The number of likely N-dealkylation sites (tertiary alicyclic amines) is 1. The van der Waals surface area contributed by atoms with Gasteiger partial charge in [0.25, 0.3) is 0 Å². The maximum absolute atomic E-state index is 13.7. The molecule has 0 spiro atoms. The summed E-state index contributed by atoms with van der Waals surface area (Å²) in [6, 6.07) is 6.65. The van der Waals surface area contributed by atoms with Crippen LogP contribution in [0.3, 0.4) is 0 Å². The number of halogens is 1. The van der Waals surface area contributed by atoms with Gasteiger partial charge >= 0.3 is 0 Å². The zero-order valence-corrected chi connectivity index (χ0v) is 11.0. The Balaban J connectivity index is 2.08. The first-order chi connectivity index (χ1) is 8.60. The molecular weight excluding hydrogens is 227 g/mol. The molecule has 1 aromatic carbocycles. The number of nitriles is 1. The first kappa shape index (κ1) is 13.0. The van der Waals surface area contributed by atoms with E-state index >= 15 is 0 Å². The number of benzene rings is 1. The van der Waals surface area contributed by atoms with Crippen molar-refractivity contribution >= 4 is 0 Å². The third-order valence-corrected chi connectivity index (χ3v) is 3.99. The lowest BCUT2D eigenvalue weighted by Crippen LogP contribution is -2.38. The van der Waals surface area contributed by atoms with Crippen molar-refractivity contribution in [2.75, 3.05) is 13.1 Å². The highest BCUT2D eigenvalue weighted by atomic mass is 19.1. The van der Waals surface area contributed by atoms with Crippen LogP contribution < -0.4 is 0 Å². The lowest BCUT2D eigenvalue weighted by atomic mass is 9.88. The molecule has 18 heavy (non-hydrogen) atoms. The van der Waals surface area contributed by atoms with E-state index in [-0.39, 0.29) is 5.82 Å². The van der Waals surface area contributed by atoms with Gasteiger partial charge < -0.3 is 0 Å². The minimum Gasteiger partial charge on any atom is -0.299 e. The van der Waals surface area contributed by atoms with Gasteiger partial charge in [-0.2, -0.15) is 5.26 Å². The molecule has 2 rings (SSSR count). The van der Waals surface area contributed by atoms with E-state index in [0.717, 1.165) is 19.0 Å². The Morgan fingerprint density at radius 2 is 2.17 bits per heavy atom. The number of hydrogen-bond acceptors (Lipinski definition) is 2. The largest absolute Gasteiger partial charge is 0.299 e. The van der Waals surface area contributed by atoms with E-state index < -0.39 is 0 Å². The summed E-state index contributed by atoms with van der Waals surface area (Å²) in [6.07, 6.45) is 1.17. The summed E-state index contributed by atoms with van der Waals surface area (Å²) in [4.78, 5) is 2.28. The molecule has 1 saturated heterocycles. The highest BCUT2D eigenvalue weighted by Crippen LogP contribution is 2.24. The van der Waals surface area contributed by atoms with Gasteiger partial charge in [-0.1, -0.05) is 13.8 Å². The highest BCUT2D eigenvalue weighted by molar-refractivity contribution is 5.33. The fourth-order valence-electron chi connectivity index (χ4n) is 2.50. The van der Waals surface area contributed by atoms with Crippen molar-refractivity contribution in [1.29, 1.82) is 5.26 Å². The van der Waals surface area contributed by atoms with E-state index in [0.29, 0.717) is 23.6 Å². The Kier molecular flexibility index (Phi) is 3.98. The standard InChI is InChI=1S/C15H19FN2/c1-11-5-6-18(9-12(11)2)10-14-7-13(8-17)3-4-15(14)16/h3-4,7,11-12H,5-6,9-10H2,1-2H3. The summed E-state index contributed by atoms with van der Waals surface area (Å²) in [5.74, 6) is 1.19. The van der Waals surface area contributed by atoms with Gasteiger partial charge in [-0.05, 0) is 43.0 Å². The van der Waals surface area contributed by atoms with Crippen molar-refractivity contribution in [1.82, 2.24) is 4.90 Å². The minimum absolute atomic E-state index is 0.208. The molecule has 3 heteroatoms. The molecule has 1 aliphatic heterocycles. The smallest absolute Gasteiger partial charge is 0.127 e. The van der Waals surface area contributed by atoms with Crippen LogP contribution in [0.1, 0.15) is 31.4 Å². The number of hydrogen-bond donors (Lipinski definition) is 0. The van der Waals surface area contributed by atoms with Crippen molar-refractivity contribution in [2.24, 2.45) is 11.8 Å². The third kappa shape index (κ3) is 2.88. The van der Waals surface area contributed by atoms with Gasteiger partial charge in [0.1, 0.15) is 5.82 Å². The average Bonchev–Trinajstić information content (AvgIpc) is 2.36. The molecule has 2 unspecified atom stereocenters. The summed E-state index contributed by atoms with van der Waals surface area (Å²) in [7, 11) is 0. The van der Waals surface area contributed by atoms with Crippen molar-refractivity contribution in [2.45, 2.75) is 26.8 Å². The van der Waals surface area contributed by atoms with Crippen LogP contribution in [-0.4, -0.2) is 18.0 Å². The molecule has 0 N–H and O–H groups in total. The van der Waals surface area contributed by atoms with Crippen molar-refractivity contribution < 1.29 is 4.39 Å². The van der Waals surface area contributed by atoms with E-state index in [9.17, 15) is 4.39 Å². The normalized spacial score (nSPS) is 24.8. The van der Waals surface area contributed by atoms with E-state index in [1.807, 2.05) is 0 Å². The van der Waals surface area contributed by atoms with Crippen LogP contribution in [-0.2, 0) is 6.54 Å². The molecule has 0 bridgehead atoms. The van der Waals surface area contributed by atoms with Crippen LogP contribution >= 0.6 is 0 Å². The Labute approximate surface area is 108 Å². The lowest BCUT2D eigenvalue weighted by Gasteiger charge is -2.35. The average molecular weight is 246 g/mol. The molecule has 0 radical (unpaired) electrons. The van der Waals surface area contributed by atoms with Gasteiger partial charge in [0.05, 0.1) is 11.6 Å². The maximum atomic E-state index is 13.7. The monoisotopic (exact) mass is 246 g/mol. The summed E-state index contributed by atoms with van der Waals surface area (Å²) in [5.41, 5.74) is 1.17. The van der Waals surface area contributed by atoms with Crippen molar-refractivity contribution in [3.8, 4) is 6.07 Å². The van der Waals surface area contributed by atoms with Crippen LogP contribution in [0.15, 0.2) is 18.2 Å². The Morgan fingerprint density at radius 1 is 1.39 bits per heavy atom. The molecule has 2 atom stereocenters. The van der Waals surface area contributed by atoms with Gasteiger partial charge in [0, 0.05) is 18.7 Å². The summed E-state index contributed by atoms with van der Waals surface area (Å²) >= 11 is 0. The topological polar surface area (TPSA) is 27.0 Å². The van der Waals surface area contributed by atoms with E-state index in [2.05, 4.69) is 24.8 Å². The minimum atomic E-state index is -0.208. The SMILES string of the molecule is CC1CCN(Cc2cc(C#N)ccc2F)CC1C. The van der Waals surface area contributed by atoms with Gasteiger partial charge in [0.2, 0.25) is 0 Å². The second-order valence-electron chi connectivity index (χ2n) is 5.40. The maximum Gasteiger partial charge on any atom is 0.127 e. The fourth-order valence-corrected chi connectivity index (χ4v) is 2.50. The molecule has 0 saturated carbocycles. The predicted octanol–water partition coefficient (Wildman–Crippen LogP) is 3.18. The van der Waals surface area contributed by atoms with Gasteiger partial charge in [-0.25, -0.2) is 4.39 Å². The van der Waals surface area contributed by atoms with Crippen LogP contribution in [0.5, 0.6) is 0 Å². The molecule has 2 nitrogen and oxygen atoms in total. The molecule has 0 amide bonds. The Hall–Kier alpha value is -1.40. The van der Waals surface area contributed by atoms with Crippen molar-refractivity contribution in [3.63, 3.8) is 0 Å². The molecule has 0 aromatic heterocycles. The molecular formula is C15H19FN2. The Morgan fingerprint density at radius 3 is 2.83 bits per heavy atom. The van der Waals surface area contributed by atoms with Gasteiger partial charge in [0.15, 0.2) is 0 Å². The van der Waals surface area contributed by atoms with Crippen LogP contribution in [0.25, 0.3) is 0 Å². The molecule has 96 valence electrons. The second kappa shape index (κ2) is 5.49. The van der Waals surface area contributed by atoms with Gasteiger partial charge in [-0.15, -0.1) is 0 Å². The van der Waals surface area contributed by atoms with Gasteiger partial charge in [-0.3, -0.25) is 4.90 Å². The molecule has 1 aliphatic rings. The fraction of sp³-hybridized carbons (Fsp3) is 0.533. The summed E-state index contributed by atoms with van der Waals surface area (Å²) in [6.45, 7) is 7.16. The lowest BCUT2D eigenvalue weighted by molar-refractivity contribution is 0.131. The zero-order chi connectivity index (χ0) is 13.1. The zero-order valence-electron chi connectivity index (χ0n) is 11.0. The summed E-state index contributed by atoms with van der Waals surface area (Å²) < 4.78 is 13.7. The van der Waals surface area contributed by atoms with Crippen molar-refractivity contribution in [3.05, 3.63) is 35.1 Å². The van der Waals surface area contributed by atoms with E-state index in [1.54, 1.807) is 6.07 Å². The summed E-state index contributed by atoms with van der Waals surface area (Å²) in [5, 5.41) is 8.85. The van der Waals surface area contributed by atoms with Crippen LogP contribution in [0.4, 0.5) is 4.39 Å². The van der Waals surface area contributed by atoms with E-state index in [4.69, 9.17) is 5.26 Å². The number of rotatable bonds is 2. The molecule has 1 fully saturated rings. The molecule has 1 aromatic rings. The third-order valence-electron chi connectivity index (χ3n) is 3.99. The van der Waals surface area contributed by atoms with Crippen LogP contribution in [0, 0.1) is 29.0 Å². The predicted molar refractivity (Wildman–Crippen MR) is 69.3 cm³/mol. The first-order valence-corrected chi connectivity index (χ1v) is 6.51. The first-order valence-electron chi connectivity index (χ1n) is 6.51. The second-order valence-corrected chi connectivity index (χ2v) is 5.40. The quantitative estimate of drug-likeness (QED) is 0.801. The molecule has 1 heterocycles. The highest BCUT2D eigenvalue weighted by Gasteiger charge is 2.23.